The number of nitrogens with zero attached hydrogens (tertiary/aromatic N) is 1. The van der Waals surface area contributed by atoms with E-state index in [2.05, 4.69) is 0 Å². The second-order valence-electron chi connectivity index (χ2n) is 6.88. The lowest BCUT2D eigenvalue weighted by Crippen LogP contribution is -2.36. The van der Waals surface area contributed by atoms with Crippen molar-refractivity contribution in [1.29, 1.82) is 0 Å². The summed E-state index contributed by atoms with van der Waals surface area (Å²) in [5.41, 5.74) is 3.06. The molecule has 0 aliphatic carbocycles. The number of carbonyl (C=O) groups is 2. The molecule has 0 spiro atoms. The summed E-state index contributed by atoms with van der Waals surface area (Å²) in [5.74, 6) is -1.13. The van der Waals surface area contributed by atoms with Crippen LogP contribution in [0.5, 0.6) is 11.5 Å². The van der Waals surface area contributed by atoms with Gasteiger partial charge in [-0.2, -0.15) is 0 Å². The Labute approximate surface area is 163 Å². The van der Waals surface area contributed by atoms with Gasteiger partial charge in [0, 0.05) is 24.7 Å². The van der Waals surface area contributed by atoms with Crippen LogP contribution in [0.4, 0.5) is 0 Å². The van der Waals surface area contributed by atoms with E-state index < -0.39 is 5.97 Å². The molecule has 0 unspecified atom stereocenters. The molecule has 0 bridgehead atoms. The molecule has 1 amide bonds. The molecule has 0 atom stereocenters. The predicted octanol–water partition coefficient (Wildman–Crippen LogP) is 3.73. The molecule has 28 heavy (non-hydrogen) atoms. The molecule has 0 radical (unpaired) electrons. The highest BCUT2D eigenvalue weighted by Crippen LogP contribution is 2.31. The van der Waals surface area contributed by atoms with Gasteiger partial charge in [0.2, 0.25) is 0 Å². The van der Waals surface area contributed by atoms with Crippen molar-refractivity contribution in [1.82, 2.24) is 4.90 Å². The number of amides is 1. The van der Waals surface area contributed by atoms with E-state index in [4.69, 9.17) is 4.74 Å². The molecule has 2 aromatic rings. The normalized spacial score (nSPS) is 13.9. The minimum absolute atomic E-state index is 0.00398. The molecule has 3 rings (SSSR count). The fraction of sp³-hybridized carbons (Fsp3) is 0.273. The smallest absolute Gasteiger partial charge is 0.340 e. The van der Waals surface area contributed by atoms with Crippen LogP contribution in [-0.2, 0) is 0 Å². The molecule has 146 valence electrons. The van der Waals surface area contributed by atoms with Crippen LogP contribution in [0.2, 0.25) is 0 Å². The summed E-state index contributed by atoms with van der Waals surface area (Å²) in [6.45, 7) is 3.11. The van der Waals surface area contributed by atoms with Crippen molar-refractivity contribution in [2.24, 2.45) is 0 Å². The first-order chi connectivity index (χ1) is 13.4. The molecule has 1 fully saturated rings. The number of piperidine rings is 1. The number of methoxy groups -OCH3 is 1. The Morgan fingerprint density at radius 1 is 1.11 bits per heavy atom. The van der Waals surface area contributed by atoms with Gasteiger partial charge in [-0.1, -0.05) is 29.3 Å². The van der Waals surface area contributed by atoms with Crippen LogP contribution in [0.25, 0.3) is 6.08 Å². The van der Waals surface area contributed by atoms with Crippen molar-refractivity contribution in [2.75, 3.05) is 20.2 Å². The van der Waals surface area contributed by atoms with Crippen LogP contribution in [0.3, 0.4) is 0 Å². The SMILES string of the molecule is COc1cc(O)c(C(=O)O)c(C=C2CCN(C(=O)c3ccc(C)cc3)CC2)c1. The number of likely N-dealkylation sites (tertiary alicyclic amines) is 1. The second-order valence-corrected chi connectivity index (χ2v) is 6.88. The minimum Gasteiger partial charge on any atom is -0.507 e. The summed E-state index contributed by atoms with van der Waals surface area (Å²) in [7, 11) is 1.46. The number of aromatic carboxylic acids is 1. The number of carboxylic acid groups (broad SMARTS) is 1. The van der Waals surface area contributed by atoms with Gasteiger partial charge < -0.3 is 19.8 Å². The van der Waals surface area contributed by atoms with Crippen LogP contribution >= 0.6 is 0 Å². The molecule has 2 N–H and O–H groups in total. The van der Waals surface area contributed by atoms with E-state index in [-0.39, 0.29) is 17.2 Å². The Morgan fingerprint density at radius 2 is 1.75 bits per heavy atom. The number of phenols is 1. The van der Waals surface area contributed by atoms with E-state index in [1.54, 1.807) is 12.1 Å². The lowest BCUT2D eigenvalue weighted by atomic mass is 9.97. The molecular formula is C22H23NO5. The third-order valence-electron chi connectivity index (χ3n) is 4.92. The van der Waals surface area contributed by atoms with Gasteiger partial charge in [-0.05, 0) is 43.5 Å². The third-order valence-corrected chi connectivity index (χ3v) is 4.92. The Kier molecular flexibility index (Phi) is 5.68. The summed E-state index contributed by atoms with van der Waals surface area (Å²) in [6.07, 6.45) is 3.07. The lowest BCUT2D eigenvalue weighted by molar-refractivity contribution is 0.0692. The van der Waals surface area contributed by atoms with E-state index in [1.807, 2.05) is 36.1 Å². The Bertz CT molecular complexity index is 921. The number of rotatable bonds is 4. The average Bonchev–Trinajstić information content (AvgIpc) is 2.68. The highest BCUT2D eigenvalue weighted by molar-refractivity contribution is 5.96. The van der Waals surface area contributed by atoms with Gasteiger partial charge >= 0.3 is 5.97 Å². The van der Waals surface area contributed by atoms with Gasteiger partial charge in [0.1, 0.15) is 17.1 Å². The zero-order chi connectivity index (χ0) is 20.3. The third kappa shape index (κ3) is 4.17. The largest absolute Gasteiger partial charge is 0.507 e. The van der Waals surface area contributed by atoms with Crippen molar-refractivity contribution in [2.45, 2.75) is 19.8 Å². The van der Waals surface area contributed by atoms with Crippen LogP contribution in [-0.4, -0.2) is 47.2 Å². The molecule has 1 aliphatic rings. The van der Waals surface area contributed by atoms with Gasteiger partial charge in [0.05, 0.1) is 7.11 Å². The summed E-state index contributed by atoms with van der Waals surface area (Å²) in [4.78, 5) is 26.0. The first-order valence-electron chi connectivity index (χ1n) is 9.08. The summed E-state index contributed by atoms with van der Waals surface area (Å²) in [5, 5.41) is 19.4. The summed E-state index contributed by atoms with van der Waals surface area (Å²) >= 11 is 0. The average molecular weight is 381 g/mol. The molecule has 0 saturated carbocycles. The topological polar surface area (TPSA) is 87.1 Å². The molecule has 2 aromatic carbocycles. The number of aromatic hydroxyl groups is 1. The molecule has 6 heteroatoms. The van der Waals surface area contributed by atoms with Crippen LogP contribution in [0.15, 0.2) is 42.0 Å². The molecule has 1 heterocycles. The first-order valence-corrected chi connectivity index (χ1v) is 9.08. The number of benzene rings is 2. The van der Waals surface area contributed by atoms with Crippen molar-refractivity contribution in [3.05, 3.63) is 64.2 Å². The molecular weight excluding hydrogens is 358 g/mol. The Morgan fingerprint density at radius 3 is 2.32 bits per heavy atom. The predicted molar refractivity (Wildman–Crippen MR) is 106 cm³/mol. The number of carbonyl (C=O) groups excluding carboxylic acids is 1. The van der Waals surface area contributed by atoms with Crippen LogP contribution < -0.4 is 4.74 Å². The maximum absolute atomic E-state index is 12.6. The second kappa shape index (κ2) is 8.17. The minimum atomic E-state index is -1.20. The van der Waals surface area contributed by atoms with Crippen LogP contribution in [0.1, 0.15) is 44.7 Å². The maximum atomic E-state index is 12.6. The van der Waals surface area contributed by atoms with Crippen molar-refractivity contribution in [3.8, 4) is 11.5 Å². The lowest BCUT2D eigenvalue weighted by Gasteiger charge is -2.28. The standard InChI is InChI=1S/C22H23NO5/c1-14-3-5-16(6-4-14)21(25)23-9-7-15(8-10-23)11-17-12-18(28-2)13-19(24)20(17)22(26)27/h3-6,11-13,24H,7-10H2,1-2H3,(H,26,27). The molecule has 1 aliphatic heterocycles. The monoisotopic (exact) mass is 381 g/mol. The van der Waals surface area contributed by atoms with Gasteiger partial charge in [-0.15, -0.1) is 0 Å². The van der Waals surface area contributed by atoms with E-state index >= 15 is 0 Å². The highest BCUT2D eigenvalue weighted by Gasteiger charge is 2.22. The van der Waals surface area contributed by atoms with E-state index in [9.17, 15) is 19.8 Å². The Balaban J connectivity index is 1.77. The summed E-state index contributed by atoms with van der Waals surface area (Å²) < 4.78 is 5.13. The van der Waals surface area contributed by atoms with E-state index in [1.165, 1.54) is 13.2 Å². The zero-order valence-corrected chi connectivity index (χ0v) is 15.9. The molecule has 6 nitrogen and oxygen atoms in total. The molecule has 1 saturated heterocycles. The highest BCUT2D eigenvalue weighted by atomic mass is 16.5. The van der Waals surface area contributed by atoms with Crippen molar-refractivity contribution < 1.29 is 24.5 Å². The fourth-order valence-electron chi connectivity index (χ4n) is 3.33. The van der Waals surface area contributed by atoms with Gasteiger partial charge in [-0.3, -0.25) is 4.79 Å². The van der Waals surface area contributed by atoms with E-state index in [0.29, 0.717) is 42.8 Å². The fourth-order valence-corrected chi connectivity index (χ4v) is 3.33. The van der Waals surface area contributed by atoms with Crippen LogP contribution in [0, 0.1) is 6.92 Å². The van der Waals surface area contributed by atoms with Gasteiger partial charge in [0.15, 0.2) is 0 Å². The number of carboxylic acids is 1. The number of hydrogen-bond acceptors (Lipinski definition) is 4. The zero-order valence-electron chi connectivity index (χ0n) is 15.9. The first kappa shape index (κ1) is 19.5. The van der Waals surface area contributed by atoms with Gasteiger partial charge in [-0.25, -0.2) is 4.79 Å². The Hall–Kier alpha value is -3.28. The summed E-state index contributed by atoms with van der Waals surface area (Å²) in [6, 6.07) is 10.4. The van der Waals surface area contributed by atoms with Crippen molar-refractivity contribution >= 4 is 18.0 Å². The molecule has 0 aromatic heterocycles. The number of aryl methyl sites for hydroxylation is 1. The van der Waals surface area contributed by atoms with E-state index in [0.717, 1.165) is 11.1 Å². The number of hydrogen-bond donors (Lipinski definition) is 2. The quantitative estimate of drug-likeness (QED) is 0.843. The van der Waals surface area contributed by atoms with Gasteiger partial charge in [0.25, 0.3) is 5.91 Å². The number of ether oxygens (including phenoxy) is 1. The van der Waals surface area contributed by atoms with Crippen molar-refractivity contribution in [3.63, 3.8) is 0 Å². The maximum Gasteiger partial charge on any atom is 0.340 e.